The summed E-state index contributed by atoms with van der Waals surface area (Å²) in [4.78, 5) is 10.6. The molecule has 0 amide bonds. The zero-order valence-corrected chi connectivity index (χ0v) is 14.0. The van der Waals surface area contributed by atoms with Crippen molar-refractivity contribution in [1.82, 2.24) is 0 Å². The summed E-state index contributed by atoms with van der Waals surface area (Å²) in [6, 6.07) is 3.56. The van der Waals surface area contributed by atoms with Crippen LogP contribution < -0.4 is 9.47 Å². The molecule has 0 fully saturated rings. The largest absolute Gasteiger partial charge is 0.493 e. The van der Waals surface area contributed by atoms with Gasteiger partial charge in [0.25, 0.3) is 0 Å². The Morgan fingerprint density at radius 2 is 2.10 bits per heavy atom. The second-order valence-corrected chi connectivity index (χ2v) is 5.47. The van der Waals surface area contributed by atoms with Crippen LogP contribution in [0.25, 0.3) is 6.08 Å². The summed E-state index contributed by atoms with van der Waals surface area (Å²) in [6.07, 6.45) is 7.16. The average molecular weight is 357 g/mol. The molecule has 0 saturated carbocycles. The molecule has 0 radical (unpaired) electrons. The number of rotatable bonds is 9. The molecule has 0 aliphatic carbocycles. The lowest BCUT2D eigenvalue weighted by Crippen LogP contribution is -2.00. The van der Waals surface area contributed by atoms with Crippen molar-refractivity contribution in [3.05, 3.63) is 28.2 Å². The van der Waals surface area contributed by atoms with E-state index in [2.05, 4.69) is 22.9 Å². The van der Waals surface area contributed by atoms with Crippen molar-refractivity contribution in [3.63, 3.8) is 0 Å². The topological polar surface area (TPSA) is 55.8 Å². The first-order valence-corrected chi connectivity index (χ1v) is 7.79. The maximum absolute atomic E-state index is 10.6. The molecule has 0 saturated heterocycles. The number of carboxylic acid groups (broad SMARTS) is 1. The van der Waals surface area contributed by atoms with Crippen molar-refractivity contribution in [2.45, 2.75) is 32.6 Å². The molecule has 0 aliphatic rings. The highest BCUT2D eigenvalue weighted by atomic mass is 79.9. The van der Waals surface area contributed by atoms with Crippen molar-refractivity contribution in [3.8, 4) is 11.5 Å². The highest BCUT2D eigenvalue weighted by Gasteiger charge is 2.11. The van der Waals surface area contributed by atoms with E-state index in [9.17, 15) is 4.79 Å². The van der Waals surface area contributed by atoms with Gasteiger partial charge in [0.15, 0.2) is 11.5 Å². The molecule has 0 aromatic heterocycles. The predicted octanol–water partition coefficient (Wildman–Crippen LogP) is 4.51. The molecule has 116 valence electrons. The van der Waals surface area contributed by atoms with Crippen LogP contribution in [0.1, 0.15) is 38.2 Å². The van der Waals surface area contributed by atoms with Crippen LogP contribution in [0.2, 0.25) is 0 Å². The monoisotopic (exact) mass is 356 g/mol. The van der Waals surface area contributed by atoms with Gasteiger partial charge in [-0.25, -0.2) is 4.79 Å². The number of unbranched alkanes of at least 4 members (excludes halogenated alkanes) is 3. The minimum Gasteiger partial charge on any atom is -0.493 e. The van der Waals surface area contributed by atoms with E-state index >= 15 is 0 Å². The summed E-state index contributed by atoms with van der Waals surface area (Å²) in [5, 5.41) is 8.66. The Labute approximate surface area is 133 Å². The smallest absolute Gasteiger partial charge is 0.328 e. The van der Waals surface area contributed by atoms with E-state index in [1.165, 1.54) is 18.9 Å². The zero-order valence-electron chi connectivity index (χ0n) is 12.4. The number of hydrogen-bond acceptors (Lipinski definition) is 3. The maximum Gasteiger partial charge on any atom is 0.328 e. The molecule has 21 heavy (non-hydrogen) atoms. The van der Waals surface area contributed by atoms with Gasteiger partial charge < -0.3 is 14.6 Å². The molecule has 1 aromatic rings. The second-order valence-electron chi connectivity index (χ2n) is 4.61. The van der Waals surface area contributed by atoms with Gasteiger partial charge in [0.05, 0.1) is 18.2 Å². The second kappa shape index (κ2) is 9.45. The van der Waals surface area contributed by atoms with Crippen LogP contribution in [0.4, 0.5) is 0 Å². The first kappa shape index (κ1) is 17.6. The number of carboxylic acids is 1. The molecule has 0 atom stereocenters. The third kappa shape index (κ3) is 6.21. The average Bonchev–Trinajstić information content (AvgIpc) is 2.46. The number of methoxy groups -OCH3 is 1. The Kier molecular flexibility index (Phi) is 7.90. The first-order valence-electron chi connectivity index (χ1n) is 6.99. The van der Waals surface area contributed by atoms with Crippen LogP contribution in [-0.2, 0) is 4.79 Å². The molecule has 0 spiro atoms. The predicted molar refractivity (Wildman–Crippen MR) is 87.0 cm³/mol. The van der Waals surface area contributed by atoms with Gasteiger partial charge in [0.2, 0.25) is 0 Å². The quantitative estimate of drug-likeness (QED) is 0.522. The summed E-state index contributed by atoms with van der Waals surface area (Å²) < 4.78 is 11.8. The van der Waals surface area contributed by atoms with Crippen molar-refractivity contribution >= 4 is 28.0 Å². The summed E-state index contributed by atoms with van der Waals surface area (Å²) in [6.45, 7) is 2.81. The van der Waals surface area contributed by atoms with E-state index in [-0.39, 0.29) is 0 Å². The summed E-state index contributed by atoms with van der Waals surface area (Å²) in [5.41, 5.74) is 0.736. The maximum atomic E-state index is 10.6. The Balaban J connectivity index is 2.77. The van der Waals surface area contributed by atoms with E-state index in [0.29, 0.717) is 18.1 Å². The van der Waals surface area contributed by atoms with Gasteiger partial charge in [-0.05, 0) is 46.1 Å². The molecular weight excluding hydrogens is 336 g/mol. The Hall–Kier alpha value is -1.49. The van der Waals surface area contributed by atoms with Gasteiger partial charge in [0.1, 0.15) is 0 Å². The zero-order chi connectivity index (χ0) is 15.7. The first-order chi connectivity index (χ1) is 10.1. The Morgan fingerprint density at radius 1 is 1.33 bits per heavy atom. The normalized spacial score (nSPS) is 10.8. The standard InChI is InChI=1S/C16H21BrO4/c1-3-4-5-6-9-21-16-13(17)10-12(7-8-15(18)19)11-14(16)20-2/h7-8,10-11H,3-6,9H2,1-2H3,(H,18,19)/b8-7+. The van der Waals surface area contributed by atoms with Gasteiger partial charge in [-0.2, -0.15) is 0 Å². The molecule has 0 heterocycles. The molecule has 1 rings (SSSR count). The van der Waals surface area contributed by atoms with Crippen molar-refractivity contribution in [2.75, 3.05) is 13.7 Å². The van der Waals surface area contributed by atoms with E-state index in [1.54, 1.807) is 13.2 Å². The minimum atomic E-state index is -0.985. The van der Waals surface area contributed by atoms with Gasteiger partial charge in [-0.1, -0.05) is 26.2 Å². The van der Waals surface area contributed by atoms with Crippen LogP contribution >= 0.6 is 15.9 Å². The lowest BCUT2D eigenvalue weighted by molar-refractivity contribution is -0.131. The third-order valence-corrected chi connectivity index (χ3v) is 3.50. The van der Waals surface area contributed by atoms with Gasteiger partial charge in [-0.15, -0.1) is 0 Å². The molecule has 5 heteroatoms. The van der Waals surface area contributed by atoms with E-state index in [4.69, 9.17) is 14.6 Å². The highest BCUT2D eigenvalue weighted by molar-refractivity contribution is 9.10. The van der Waals surface area contributed by atoms with E-state index in [1.807, 2.05) is 6.07 Å². The fraction of sp³-hybridized carbons (Fsp3) is 0.438. The molecule has 0 unspecified atom stereocenters. The van der Waals surface area contributed by atoms with E-state index in [0.717, 1.165) is 29.0 Å². The summed E-state index contributed by atoms with van der Waals surface area (Å²) in [7, 11) is 1.57. The number of ether oxygens (including phenoxy) is 2. The van der Waals surface area contributed by atoms with Crippen molar-refractivity contribution < 1.29 is 19.4 Å². The number of aliphatic carboxylic acids is 1. The number of halogens is 1. The van der Waals surface area contributed by atoms with Crippen LogP contribution in [0.3, 0.4) is 0 Å². The van der Waals surface area contributed by atoms with Crippen molar-refractivity contribution in [2.24, 2.45) is 0 Å². The van der Waals surface area contributed by atoms with Gasteiger partial charge in [0, 0.05) is 6.08 Å². The number of carbonyl (C=O) groups is 1. The summed E-state index contributed by atoms with van der Waals surface area (Å²) >= 11 is 3.44. The van der Waals surface area contributed by atoms with E-state index < -0.39 is 5.97 Å². The van der Waals surface area contributed by atoms with Gasteiger partial charge in [-0.3, -0.25) is 0 Å². The van der Waals surface area contributed by atoms with Crippen LogP contribution in [0.15, 0.2) is 22.7 Å². The Bertz CT molecular complexity index is 497. The number of hydrogen-bond donors (Lipinski definition) is 1. The molecule has 0 bridgehead atoms. The lowest BCUT2D eigenvalue weighted by Gasteiger charge is -2.13. The third-order valence-electron chi connectivity index (χ3n) is 2.91. The minimum absolute atomic E-state index is 0.588. The fourth-order valence-electron chi connectivity index (χ4n) is 1.85. The van der Waals surface area contributed by atoms with Crippen LogP contribution in [-0.4, -0.2) is 24.8 Å². The van der Waals surface area contributed by atoms with Crippen LogP contribution in [0, 0.1) is 0 Å². The Morgan fingerprint density at radius 3 is 2.71 bits per heavy atom. The fourth-order valence-corrected chi connectivity index (χ4v) is 2.42. The van der Waals surface area contributed by atoms with Crippen molar-refractivity contribution in [1.29, 1.82) is 0 Å². The summed E-state index contributed by atoms with van der Waals surface area (Å²) in [5.74, 6) is 0.257. The lowest BCUT2D eigenvalue weighted by atomic mass is 10.2. The SMILES string of the molecule is CCCCCCOc1c(Br)cc(/C=C/C(=O)O)cc1OC. The molecule has 1 N–H and O–H groups in total. The number of benzene rings is 1. The molecular formula is C16H21BrO4. The van der Waals surface area contributed by atoms with Gasteiger partial charge >= 0.3 is 5.97 Å². The molecule has 4 nitrogen and oxygen atoms in total. The molecule has 1 aromatic carbocycles. The van der Waals surface area contributed by atoms with Crippen LogP contribution in [0.5, 0.6) is 11.5 Å². The molecule has 0 aliphatic heterocycles. The highest BCUT2D eigenvalue weighted by Crippen LogP contribution is 2.37.